The van der Waals surface area contributed by atoms with Gasteiger partial charge in [-0.1, -0.05) is 0 Å². The highest BCUT2D eigenvalue weighted by Crippen LogP contribution is 2.20. The molecular weight excluding hydrogens is 514 g/mol. The van der Waals surface area contributed by atoms with Gasteiger partial charge in [-0.15, -0.1) is 24.0 Å². The number of thioether (sulfide) groups is 1. The molecule has 1 fully saturated rings. The molecule has 2 heterocycles. The molecule has 1 aliphatic rings. The molecule has 2 N–H and O–H groups in total. The van der Waals surface area contributed by atoms with Gasteiger partial charge in [-0.3, -0.25) is 4.99 Å². The summed E-state index contributed by atoms with van der Waals surface area (Å²) in [4.78, 5) is 13.4. The first kappa shape index (κ1) is 24.5. The van der Waals surface area contributed by atoms with Crippen LogP contribution in [0.25, 0.3) is 0 Å². The highest BCUT2D eigenvalue weighted by Gasteiger charge is 2.18. The first-order valence-electron chi connectivity index (χ1n) is 9.83. The number of hydrogen-bond acceptors (Lipinski definition) is 5. The van der Waals surface area contributed by atoms with Crippen molar-refractivity contribution < 1.29 is 4.39 Å². The van der Waals surface area contributed by atoms with Crippen molar-refractivity contribution in [3.63, 3.8) is 0 Å². The summed E-state index contributed by atoms with van der Waals surface area (Å²) in [6.07, 6.45) is 3.96. The lowest BCUT2D eigenvalue weighted by atomic mass is 10.2. The van der Waals surface area contributed by atoms with Gasteiger partial charge in [-0.2, -0.15) is 11.8 Å². The Kier molecular flexibility index (Phi) is 10.5. The van der Waals surface area contributed by atoms with Crippen LogP contribution in [-0.4, -0.2) is 62.7 Å². The van der Waals surface area contributed by atoms with Crippen molar-refractivity contribution in [1.29, 1.82) is 0 Å². The van der Waals surface area contributed by atoms with Gasteiger partial charge >= 0.3 is 0 Å². The van der Waals surface area contributed by atoms with Crippen LogP contribution >= 0.6 is 35.7 Å². The summed E-state index contributed by atoms with van der Waals surface area (Å²) in [7, 11) is 1.78. The molecule has 9 heteroatoms. The van der Waals surface area contributed by atoms with Gasteiger partial charge in [-0.25, -0.2) is 9.37 Å². The van der Waals surface area contributed by atoms with Crippen molar-refractivity contribution in [3.8, 4) is 0 Å². The molecule has 0 saturated carbocycles. The van der Waals surface area contributed by atoms with E-state index < -0.39 is 0 Å². The van der Waals surface area contributed by atoms with Crippen LogP contribution in [-0.2, 0) is 6.54 Å². The Hall–Kier alpha value is -1.75. The normalized spacial score (nSPS) is 14.3. The Bertz CT molecular complexity index is 796. The van der Waals surface area contributed by atoms with E-state index in [9.17, 15) is 4.39 Å². The van der Waals surface area contributed by atoms with Crippen LogP contribution in [0.3, 0.4) is 0 Å². The topological polar surface area (TPSA) is 55.8 Å². The minimum absolute atomic E-state index is 0. The molecule has 6 nitrogen and oxygen atoms in total. The van der Waals surface area contributed by atoms with E-state index in [1.165, 1.54) is 17.7 Å². The molecule has 0 amide bonds. The van der Waals surface area contributed by atoms with Crippen molar-refractivity contribution in [2.24, 2.45) is 4.99 Å². The molecule has 0 unspecified atom stereocenters. The molecule has 0 bridgehead atoms. The molecule has 1 aliphatic heterocycles. The molecule has 1 aromatic heterocycles. The molecule has 0 spiro atoms. The zero-order chi connectivity index (χ0) is 20.5. The van der Waals surface area contributed by atoms with Crippen molar-refractivity contribution in [2.45, 2.75) is 6.54 Å². The predicted molar refractivity (Wildman–Crippen MR) is 137 cm³/mol. The van der Waals surface area contributed by atoms with Gasteiger partial charge in [0.2, 0.25) is 0 Å². The molecule has 0 aliphatic carbocycles. The fourth-order valence-corrected chi connectivity index (χ4v) is 3.57. The predicted octanol–water partition coefficient (Wildman–Crippen LogP) is 3.19. The van der Waals surface area contributed by atoms with E-state index in [1.54, 1.807) is 18.8 Å². The Morgan fingerprint density at radius 2 is 1.80 bits per heavy atom. The van der Waals surface area contributed by atoms with E-state index in [-0.39, 0.29) is 29.8 Å². The van der Waals surface area contributed by atoms with Crippen molar-refractivity contribution in [3.05, 3.63) is 54.0 Å². The maximum absolute atomic E-state index is 13.1. The molecule has 1 aromatic carbocycles. The summed E-state index contributed by atoms with van der Waals surface area (Å²) in [5, 5.41) is 6.66. The quantitative estimate of drug-likeness (QED) is 0.242. The number of halogens is 2. The summed E-state index contributed by atoms with van der Waals surface area (Å²) in [6, 6.07) is 10.9. The van der Waals surface area contributed by atoms with Gasteiger partial charge in [0.05, 0.1) is 0 Å². The minimum Gasteiger partial charge on any atom is -0.368 e. The molecule has 1 saturated heterocycles. The monoisotopic (exact) mass is 544 g/mol. The van der Waals surface area contributed by atoms with Crippen LogP contribution in [0.1, 0.15) is 5.56 Å². The van der Waals surface area contributed by atoms with Crippen molar-refractivity contribution in [2.75, 3.05) is 61.6 Å². The number of rotatable bonds is 7. The Morgan fingerprint density at radius 3 is 2.47 bits per heavy atom. The molecule has 30 heavy (non-hydrogen) atoms. The maximum Gasteiger partial charge on any atom is 0.191 e. The second-order valence-corrected chi connectivity index (χ2v) is 7.80. The van der Waals surface area contributed by atoms with Crippen LogP contribution < -0.4 is 20.4 Å². The number of pyridine rings is 1. The van der Waals surface area contributed by atoms with Crippen LogP contribution in [0.15, 0.2) is 47.6 Å². The third-order valence-electron chi connectivity index (χ3n) is 4.89. The summed E-state index contributed by atoms with van der Waals surface area (Å²) >= 11 is 1.81. The highest BCUT2D eigenvalue weighted by atomic mass is 127. The summed E-state index contributed by atoms with van der Waals surface area (Å²) in [6.45, 7) is 5.15. The number of aromatic nitrogens is 1. The average Bonchev–Trinajstić information content (AvgIpc) is 2.77. The van der Waals surface area contributed by atoms with Gasteiger partial charge in [0.25, 0.3) is 0 Å². The Morgan fingerprint density at radius 1 is 1.10 bits per heavy atom. The third kappa shape index (κ3) is 7.19. The lowest BCUT2D eigenvalue weighted by Crippen LogP contribution is -2.46. The Balaban J connectivity index is 0.00000320. The van der Waals surface area contributed by atoms with Crippen LogP contribution in [0.5, 0.6) is 0 Å². The van der Waals surface area contributed by atoms with Gasteiger partial charge in [0.15, 0.2) is 5.96 Å². The van der Waals surface area contributed by atoms with E-state index in [0.717, 1.165) is 55.9 Å². The van der Waals surface area contributed by atoms with E-state index in [0.29, 0.717) is 6.54 Å². The smallest absolute Gasteiger partial charge is 0.191 e. The molecular formula is C21H30FIN6S. The number of nitrogens with zero attached hydrogens (tertiary/aromatic N) is 4. The lowest BCUT2D eigenvalue weighted by Gasteiger charge is -2.36. The fraction of sp³-hybridized carbons (Fsp3) is 0.429. The molecule has 0 atom stereocenters. The summed E-state index contributed by atoms with van der Waals surface area (Å²) < 4.78 is 13.1. The van der Waals surface area contributed by atoms with Crippen molar-refractivity contribution in [1.82, 2.24) is 15.6 Å². The zero-order valence-corrected chi connectivity index (χ0v) is 20.6. The molecule has 164 valence electrons. The number of aliphatic imine (C=N–C) groups is 1. The first-order valence-corrected chi connectivity index (χ1v) is 11.2. The van der Waals surface area contributed by atoms with Crippen LogP contribution in [0, 0.1) is 5.82 Å². The maximum atomic E-state index is 13.1. The molecule has 0 radical (unpaired) electrons. The fourth-order valence-electron chi connectivity index (χ4n) is 3.27. The lowest BCUT2D eigenvalue weighted by molar-refractivity contribution is 0.624. The van der Waals surface area contributed by atoms with Gasteiger partial charge in [-0.05, 0) is 48.2 Å². The Labute approximate surface area is 199 Å². The van der Waals surface area contributed by atoms with E-state index in [1.807, 2.05) is 24.4 Å². The second kappa shape index (κ2) is 12.8. The van der Waals surface area contributed by atoms with E-state index >= 15 is 0 Å². The highest BCUT2D eigenvalue weighted by molar-refractivity contribution is 14.0. The number of piperazine rings is 1. The molecule has 3 rings (SSSR count). The number of nitrogens with one attached hydrogen (secondary N) is 2. The van der Waals surface area contributed by atoms with Crippen molar-refractivity contribution >= 4 is 53.2 Å². The van der Waals surface area contributed by atoms with E-state index in [2.05, 4.69) is 42.7 Å². The SMILES string of the molecule is CN=C(NCCSC)NCc1ccnc(N2CCN(c3ccc(F)cc3)CC2)c1.I. The standard InChI is InChI=1S/C21H29FN6S.HI/c1-23-21(25-9-14-29-2)26-16-17-7-8-24-20(15-17)28-12-10-27(11-13-28)19-5-3-18(22)4-6-19;/h3-8,15H,9-14,16H2,1-2H3,(H2,23,25,26);1H. The first-order chi connectivity index (χ1) is 14.2. The minimum atomic E-state index is -0.197. The number of guanidine groups is 1. The summed E-state index contributed by atoms with van der Waals surface area (Å²) in [5.41, 5.74) is 2.24. The van der Waals surface area contributed by atoms with Gasteiger partial charge < -0.3 is 20.4 Å². The second-order valence-electron chi connectivity index (χ2n) is 6.82. The number of hydrogen-bond donors (Lipinski definition) is 2. The summed E-state index contributed by atoms with van der Waals surface area (Å²) in [5.74, 6) is 2.65. The molecule has 2 aromatic rings. The third-order valence-corrected chi connectivity index (χ3v) is 5.50. The van der Waals surface area contributed by atoms with Crippen LogP contribution in [0.4, 0.5) is 15.9 Å². The average molecular weight is 544 g/mol. The largest absolute Gasteiger partial charge is 0.368 e. The van der Waals surface area contributed by atoms with Gasteiger partial charge in [0.1, 0.15) is 11.6 Å². The zero-order valence-electron chi connectivity index (χ0n) is 17.5. The van der Waals surface area contributed by atoms with Crippen LogP contribution in [0.2, 0.25) is 0 Å². The van der Waals surface area contributed by atoms with E-state index in [4.69, 9.17) is 0 Å². The van der Waals surface area contributed by atoms with Gasteiger partial charge in [0, 0.05) is 64.0 Å². The number of anilines is 2. The number of benzene rings is 1.